The molecule has 0 aliphatic heterocycles. The van der Waals surface area contributed by atoms with Crippen LogP contribution in [-0.4, -0.2) is 27.0 Å². The Morgan fingerprint density at radius 2 is 2.00 bits per heavy atom. The van der Waals surface area contributed by atoms with Crippen LogP contribution in [0.3, 0.4) is 0 Å². The quantitative estimate of drug-likeness (QED) is 0.634. The maximum Gasteiger partial charge on any atom is 0.339 e. The largest absolute Gasteiger partial charge is 0.465 e. The highest BCUT2D eigenvalue weighted by Gasteiger charge is 2.41. The van der Waals surface area contributed by atoms with Gasteiger partial charge in [-0.1, -0.05) is 0 Å². The van der Waals surface area contributed by atoms with Crippen molar-refractivity contribution < 1.29 is 17.9 Å². The number of nitrogens with two attached hydrogens (primary N) is 1. The van der Waals surface area contributed by atoms with Crippen molar-refractivity contribution >= 4 is 21.7 Å². The molecule has 6 nitrogen and oxygen atoms in total. The number of nitrogen functional groups attached to an aromatic ring is 1. The minimum atomic E-state index is -3.83. The molecule has 1 aliphatic carbocycles. The van der Waals surface area contributed by atoms with Gasteiger partial charge in [0, 0.05) is 11.2 Å². The molecular formula is C14H20N2O4S. The fourth-order valence-electron chi connectivity index (χ4n) is 2.34. The Morgan fingerprint density at radius 1 is 1.38 bits per heavy atom. The van der Waals surface area contributed by atoms with Gasteiger partial charge >= 0.3 is 5.97 Å². The van der Waals surface area contributed by atoms with Crippen LogP contribution in [-0.2, 0) is 14.8 Å². The molecule has 1 aliphatic rings. The van der Waals surface area contributed by atoms with E-state index in [1.807, 2.05) is 13.8 Å². The lowest BCUT2D eigenvalue weighted by Crippen LogP contribution is -2.45. The van der Waals surface area contributed by atoms with Gasteiger partial charge in [0.1, 0.15) is 0 Å². The van der Waals surface area contributed by atoms with Crippen molar-refractivity contribution in [2.45, 2.75) is 37.1 Å². The molecule has 0 unspecified atom stereocenters. The van der Waals surface area contributed by atoms with Crippen molar-refractivity contribution in [2.75, 3.05) is 12.8 Å². The molecule has 3 N–H and O–H groups in total. The molecule has 0 bridgehead atoms. The van der Waals surface area contributed by atoms with Gasteiger partial charge in [0.15, 0.2) is 0 Å². The number of rotatable bonds is 5. The summed E-state index contributed by atoms with van der Waals surface area (Å²) < 4.78 is 32.4. The SMILES string of the molecule is COC(=O)c1cc(N)ccc1S(=O)(=O)NC(C)(C)C1CC1. The molecule has 1 saturated carbocycles. The first-order chi connectivity index (χ1) is 9.67. The minimum Gasteiger partial charge on any atom is -0.465 e. The molecule has 0 atom stereocenters. The van der Waals surface area contributed by atoms with E-state index >= 15 is 0 Å². The van der Waals surface area contributed by atoms with E-state index in [2.05, 4.69) is 9.46 Å². The summed E-state index contributed by atoms with van der Waals surface area (Å²) in [5, 5.41) is 0. The van der Waals surface area contributed by atoms with Gasteiger partial charge in [0.25, 0.3) is 0 Å². The van der Waals surface area contributed by atoms with Crippen molar-refractivity contribution in [3.63, 3.8) is 0 Å². The highest BCUT2D eigenvalue weighted by atomic mass is 32.2. The Kier molecular flexibility index (Phi) is 3.99. The number of hydrogen-bond acceptors (Lipinski definition) is 5. The summed E-state index contributed by atoms with van der Waals surface area (Å²) in [5.74, 6) is -0.408. The summed E-state index contributed by atoms with van der Waals surface area (Å²) in [6.07, 6.45) is 2.00. The maximum atomic E-state index is 12.6. The van der Waals surface area contributed by atoms with Crippen LogP contribution >= 0.6 is 0 Å². The van der Waals surface area contributed by atoms with Crippen molar-refractivity contribution in [1.82, 2.24) is 4.72 Å². The molecule has 116 valence electrons. The number of methoxy groups -OCH3 is 1. The van der Waals surface area contributed by atoms with Gasteiger partial charge in [-0.15, -0.1) is 0 Å². The first kappa shape index (κ1) is 15.8. The highest BCUT2D eigenvalue weighted by molar-refractivity contribution is 7.89. The van der Waals surface area contributed by atoms with E-state index in [1.165, 1.54) is 25.3 Å². The third kappa shape index (κ3) is 3.36. The van der Waals surface area contributed by atoms with Crippen molar-refractivity contribution in [1.29, 1.82) is 0 Å². The number of benzene rings is 1. The van der Waals surface area contributed by atoms with Crippen molar-refractivity contribution in [2.24, 2.45) is 5.92 Å². The van der Waals surface area contributed by atoms with Gasteiger partial charge in [-0.25, -0.2) is 17.9 Å². The average Bonchev–Trinajstić information content (AvgIpc) is 3.20. The van der Waals surface area contributed by atoms with Crippen LogP contribution in [0.4, 0.5) is 5.69 Å². The fraction of sp³-hybridized carbons (Fsp3) is 0.500. The smallest absolute Gasteiger partial charge is 0.339 e. The normalized spacial score (nSPS) is 15.8. The molecule has 1 aromatic carbocycles. The molecule has 0 radical (unpaired) electrons. The van der Waals surface area contributed by atoms with Crippen LogP contribution in [0.1, 0.15) is 37.0 Å². The third-order valence-corrected chi connectivity index (χ3v) is 5.42. The molecule has 7 heteroatoms. The third-order valence-electron chi connectivity index (χ3n) is 3.69. The number of hydrogen-bond donors (Lipinski definition) is 2. The molecule has 0 heterocycles. The van der Waals surface area contributed by atoms with Crippen LogP contribution in [0.5, 0.6) is 0 Å². The van der Waals surface area contributed by atoms with E-state index in [9.17, 15) is 13.2 Å². The van der Waals surface area contributed by atoms with Crippen LogP contribution in [0.15, 0.2) is 23.1 Å². The van der Waals surface area contributed by atoms with Gasteiger partial charge in [0.05, 0.1) is 17.6 Å². The molecule has 1 fully saturated rings. The van der Waals surface area contributed by atoms with E-state index in [0.29, 0.717) is 11.6 Å². The molecule has 1 aromatic rings. The van der Waals surface area contributed by atoms with Crippen LogP contribution < -0.4 is 10.5 Å². The summed E-state index contributed by atoms with van der Waals surface area (Å²) in [7, 11) is -2.63. The number of ether oxygens (including phenoxy) is 1. The summed E-state index contributed by atoms with van der Waals surface area (Å²) in [5.41, 5.74) is 5.32. The second kappa shape index (κ2) is 5.31. The van der Waals surface area contributed by atoms with Crippen LogP contribution in [0.2, 0.25) is 0 Å². The zero-order chi connectivity index (χ0) is 15.8. The molecule has 0 saturated heterocycles. The van der Waals surface area contributed by atoms with E-state index < -0.39 is 21.5 Å². The summed E-state index contributed by atoms with van der Waals surface area (Å²) in [6, 6.07) is 4.09. The summed E-state index contributed by atoms with van der Waals surface area (Å²) in [6.45, 7) is 3.69. The van der Waals surface area contributed by atoms with E-state index in [0.717, 1.165) is 12.8 Å². The lowest BCUT2D eigenvalue weighted by molar-refractivity contribution is 0.0596. The molecule has 2 rings (SSSR count). The van der Waals surface area contributed by atoms with E-state index in [1.54, 1.807) is 0 Å². The Hall–Kier alpha value is -1.60. The van der Waals surface area contributed by atoms with Gasteiger partial charge in [-0.3, -0.25) is 0 Å². The fourth-order valence-corrected chi connectivity index (χ4v) is 3.99. The number of carbonyl (C=O) groups is 1. The number of sulfonamides is 1. The lowest BCUT2D eigenvalue weighted by Gasteiger charge is -2.26. The summed E-state index contributed by atoms with van der Waals surface area (Å²) >= 11 is 0. The highest BCUT2D eigenvalue weighted by Crippen LogP contribution is 2.40. The second-order valence-corrected chi connectivity index (χ2v) is 7.50. The van der Waals surface area contributed by atoms with E-state index in [4.69, 9.17) is 5.73 Å². The standard InChI is InChI=1S/C14H20N2O4S/c1-14(2,9-4-5-9)16-21(18,19)12-7-6-10(15)8-11(12)13(17)20-3/h6-9,16H,4-5,15H2,1-3H3. The van der Waals surface area contributed by atoms with E-state index in [-0.39, 0.29) is 10.5 Å². The van der Waals surface area contributed by atoms with Gasteiger partial charge in [-0.2, -0.15) is 0 Å². The second-order valence-electron chi connectivity index (χ2n) is 5.85. The minimum absolute atomic E-state index is 0.0587. The Morgan fingerprint density at radius 3 is 2.52 bits per heavy atom. The number of esters is 1. The Balaban J connectivity index is 2.42. The van der Waals surface area contributed by atoms with Crippen LogP contribution in [0, 0.1) is 5.92 Å². The zero-order valence-corrected chi connectivity index (χ0v) is 13.2. The number of nitrogens with one attached hydrogen (secondary N) is 1. The predicted molar refractivity (Wildman–Crippen MR) is 79.3 cm³/mol. The van der Waals surface area contributed by atoms with Gasteiger partial charge < -0.3 is 10.5 Å². The average molecular weight is 312 g/mol. The molecule has 0 amide bonds. The molecule has 0 aromatic heterocycles. The number of anilines is 1. The Labute approximate surface area is 124 Å². The van der Waals surface area contributed by atoms with Crippen molar-refractivity contribution in [3.05, 3.63) is 23.8 Å². The van der Waals surface area contributed by atoms with Crippen LogP contribution in [0.25, 0.3) is 0 Å². The molecule has 0 spiro atoms. The van der Waals surface area contributed by atoms with Gasteiger partial charge in [-0.05, 0) is 50.8 Å². The zero-order valence-electron chi connectivity index (χ0n) is 12.3. The van der Waals surface area contributed by atoms with Gasteiger partial charge in [0.2, 0.25) is 10.0 Å². The topological polar surface area (TPSA) is 98.5 Å². The lowest BCUT2D eigenvalue weighted by atomic mass is 10.0. The first-order valence-electron chi connectivity index (χ1n) is 6.69. The predicted octanol–water partition coefficient (Wildman–Crippen LogP) is 1.52. The summed E-state index contributed by atoms with van der Waals surface area (Å²) in [4.78, 5) is 11.7. The van der Waals surface area contributed by atoms with Crippen molar-refractivity contribution in [3.8, 4) is 0 Å². The molecule has 21 heavy (non-hydrogen) atoms. The maximum absolute atomic E-state index is 12.6. The monoisotopic (exact) mass is 312 g/mol. The Bertz CT molecular complexity index is 664. The number of carbonyl (C=O) groups excluding carboxylic acids is 1. The molecular weight excluding hydrogens is 292 g/mol. The first-order valence-corrected chi connectivity index (χ1v) is 8.17.